The number of aromatic nitrogens is 2. The van der Waals surface area contributed by atoms with Gasteiger partial charge in [-0.25, -0.2) is 9.97 Å². The molecule has 3 aromatic rings. The van der Waals surface area contributed by atoms with Gasteiger partial charge in [-0.1, -0.05) is 66.4 Å². The molecule has 0 saturated carbocycles. The Morgan fingerprint density at radius 1 is 1.04 bits per heavy atom. The Labute approximate surface area is 163 Å². The molecular weight excluding hydrogens is 354 g/mol. The van der Waals surface area contributed by atoms with Crippen LogP contribution < -0.4 is 0 Å². The lowest BCUT2D eigenvalue weighted by Crippen LogP contribution is -2.37. The summed E-state index contributed by atoms with van der Waals surface area (Å²) < 4.78 is 0. The van der Waals surface area contributed by atoms with Crippen molar-refractivity contribution in [2.45, 2.75) is 25.0 Å². The predicted molar refractivity (Wildman–Crippen MR) is 108 cm³/mol. The average molecular weight is 375 g/mol. The molecule has 5 heteroatoms. The first-order valence-electron chi connectivity index (χ1n) is 9.07. The third kappa shape index (κ3) is 4.19. The molecule has 0 unspecified atom stereocenters. The normalized spacial score (nSPS) is 13.3. The number of hydrogen-bond donors (Lipinski definition) is 0. The second-order valence-corrected chi connectivity index (χ2v) is 7.61. The van der Waals surface area contributed by atoms with Crippen LogP contribution in [-0.2, 0) is 17.8 Å². The van der Waals surface area contributed by atoms with Crippen LogP contribution in [0, 0.1) is 6.92 Å². The van der Waals surface area contributed by atoms with Crippen LogP contribution in [0.2, 0.25) is 0 Å². The van der Waals surface area contributed by atoms with Gasteiger partial charge in [-0.15, -0.1) is 0 Å². The number of thioether (sulfide) groups is 1. The summed E-state index contributed by atoms with van der Waals surface area (Å²) in [6.45, 7) is 3.43. The van der Waals surface area contributed by atoms with Crippen molar-refractivity contribution in [2.75, 3.05) is 12.3 Å². The van der Waals surface area contributed by atoms with Crippen LogP contribution in [0.5, 0.6) is 0 Å². The summed E-state index contributed by atoms with van der Waals surface area (Å²) in [6.07, 6.45) is 0.922. The Bertz CT molecular complexity index is 959. The predicted octanol–water partition coefficient (Wildman–Crippen LogP) is 4.13. The number of rotatable bonds is 4. The zero-order chi connectivity index (χ0) is 18.6. The summed E-state index contributed by atoms with van der Waals surface area (Å²) in [7, 11) is 0. The molecule has 0 saturated heterocycles. The molecular formula is C22H21N3OS. The first kappa shape index (κ1) is 17.7. The number of aryl methyl sites for hydroxylation is 1. The van der Waals surface area contributed by atoms with Crippen molar-refractivity contribution in [3.05, 3.63) is 77.5 Å². The summed E-state index contributed by atoms with van der Waals surface area (Å²) in [4.78, 5) is 23.7. The number of carbonyl (C=O) groups excluding carboxylic acids is 1. The summed E-state index contributed by atoms with van der Waals surface area (Å²) in [5.41, 5.74) is 5.46. The number of nitrogens with zero attached hydrogens (tertiary/aromatic N) is 3. The summed E-state index contributed by atoms with van der Waals surface area (Å²) >= 11 is 1.41. The zero-order valence-corrected chi connectivity index (χ0v) is 16.1. The minimum atomic E-state index is 0.140. The number of fused-ring (bicyclic) bond motifs is 1. The van der Waals surface area contributed by atoms with E-state index in [9.17, 15) is 4.79 Å². The first-order valence-corrected chi connectivity index (χ1v) is 10.1. The zero-order valence-electron chi connectivity index (χ0n) is 15.3. The molecule has 1 aromatic heterocycles. The van der Waals surface area contributed by atoms with E-state index < -0.39 is 0 Å². The molecule has 0 aliphatic carbocycles. The molecule has 1 aliphatic rings. The fourth-order valence-corrected chi connectivity index (χ4v) is 4.10. The molecule has 136 valence electrons. The fourth-order valence-electron chi connectivity index (χ4n) is 3.29. The summed E-state index contributed by atoms with van der Waals surface area (Å²) in [5.74, 6) is 0.501. The molecule has 27 heavy (non-hydrogen) atoms. The van der Waals surface area contributed by atoms with Gasteiger partial charge < -0.3 is 4.90 Å². The third-order valence-electron chi connectivity index (χ3n) is 4.71. The largest absolute Gasteiger partial charge is 0.337 e. The standard InChI is InChI=1S/C22H21N3OS/c1-16-13-20(18-8-3-2-4-9-18)24-22(23-16)27-15-21(26)25-12-11-17-7-5-6-10-19(17)14-25/h2-10,13H,11-12,14-15H2,1H3. The van der Waals surface area contributed by atoms with E-state index in [2.05, 4.69) is 28.2 Å². The molecule has 4 rings (SSSR count). The van der Waals surface area contributed by atoms with E-state index in [0.717, 1.165) is 29.9 Å². The van der Waals surface area contributed by atoms with Gasteiger partial charge in [-0.2, -0.15) is 0 Å². The second-order valence-electron chi connectivity index (χ2n) is 6.67. The van der Waals surface area contributed by atoms with E-state index in [1.54, 1.807) is 0 Å². The molecule has 0 bridgehead atoms. The quantitative estimate of drug-likeness (QED) is 0.508. The SMILES string of the molecule is Cc1cc(-c2ccccc2)nc(SCC(=O)N2CCc3ccccc3C2)n1. The molecule has 2 heterocycles. The fraction of sp³-hybridized carbons (Fsp3) is 0.227. The van der Waals surface area contributed by atoms with E-state index in [4.69, 9.17) is 0 Å². The number of hydrogen-bond acceptors (Lipinski definition) is 4. The van der Waals surface area contributed by atoms with Gasteiger partial charge in [-0.3, -0.25) is 4.79 Å². The Morgan fingerprint density at radius 2 is 1.78 bits per heavy atom. The van der Waals surface area contributed by atoms with Crippen molar-refractivity contribution in [3.63, 3.8) is 0 Å². The Balaban J connectivity index is 1.43. The lowest BCUT2D eigenvalue weighted by molar-refractivity contribution is -0.129. The van der Waals surface area contributed by atoms with Crippen LogP contribution in [0.1, 0.15) is 16.8 Å². The van der Waals surface area contributed by atoms with E-state index in [1.165, 1.54) is 22.9 Å². The molecule has 0 radical (unpaired) electrons. The molecule has 0 atom stereocenters. The highest BCUT2D eigenvalue weighted by atomic mass is 32.2. The van der Waals surface area contributed by atoms with Crippen molar-refractivity contribution in [2.24, 2.45) is 0 Å². The van der Waals surface area contributed by atoms with Crippen LogP contribution in [0.3, 0.4) is 0 Å². The number of amides is 1. The van der Waals surface area contributed by atoms with Gasteiger partial charge in [0.05, 0.1) is 11.4 Å². The Kier molecular flexibility index (Phi) is 5.21. The lowest BCUT2D eigenvalue weighted by atomic mass is 10.00. The molecule has 1 amide bonds. The monoisotopic (exact) mass is 375 g/mol. The van der Waals surface area contributed by atoms with Gasteiger partial charge >= 0.3 is 0 Å². The lowest BCUT2D eigenvalue weighted by Gasteiger charge is -2.28. The highest BCUT2D eigenvalue weighted by Crippen LogP contribution is 2.23. The van der Waals surface area contributed by atoms with Crippen LogP contribution >= 0.6 is 11.8 Å². The first-order chi connectivity index (χ1) is 13.2. The van der Waals surface area contributed by atoms with Crippen LogP contribution in [0.4, 0.5) is 0 Å². The van der Waals surface area contributed by atoms with Gasteiger partial charge in [0.1, 0.15) is 0 Å². The molecule has 0 N–H and O–H groups in total. The van der Waals surface area contributed by atoms with E-state index in [1.807, 2.05) is 54.3 Å². The van der Waals surface area contributed by atoms with Gasteiger partial charge in [0, 0.05) is 24.3 Å². The van der Waals surface area contributed by atoms with Crippen molar-refractivity contribution in [1.29, 1.82) is 0 Å². The van der Waals surface area contributed by atoms with Crippen LogP contribution in [0.15, 0.2) is 65.8 Å². The topological polar surface area (TPSA) is 46.1 Å². The minimum absolute atomic E-state index is 0.140. The Hall–Kier alpha value is -2.66. The van der Waals surface area contributed by atoms with Crippen molar-refractivity contribution < 1.29 is 4.79 Å². The minimum Gasteiger partial charge on any atom is -0.337 e. The van der Waals surface area contributed by atoms with Crippen molar-refractivity contribution in [3.8, 4) is 11.3 Å². The molecule has 0 spiro atoms. The third-order valence-corrected chi connectivity index (χ3v) is 5.54. The second kappa shape index (κ2) is 7.92. The molecule has 2 aromatic carbocycles. The van der Waals surface area contributed by atoms with E-state index >= 15 is 0 Å². The summed E-state index contributed by atoms with van der Waals surface area (Å²) in [6, 6.07) is 20.4. The molecule has 1 aliphatic heterocycles. The maximum absolute atomic E-state index is 12.7. The van der Waals surface area contributed by atoms with Crippen molar-refractivity contribution >= 4 is 17.7 Å². The summed E-state index contributed by atoms with van der Waals surface area (Å²) in [5, 5.41) is 0.652. The number of carbonyl (C=O) groups is 1. The molecule has 4 nitrogen and oxygen atoms in total. The Morgan fingerprint density at radius 3 is 2.59 bits per heavy atom. The highest BCUT2D eigenvalue weighted by Gasteiger charge is 2.20. The average Bonchev–Trinajstić information content (AvgIpc) is 2.72. The van der Waals surface area contributed by atoms with Gasteiger partial charge in [0.15, 0.2) is 5.16 Å². The smallest absolute Gasteiger partial charge is 0.233 e. The van der Waals surface area contributed by atoms with E-state index in [0.29, 0.717) is 17.5 Å². The molecule has 0 fully saturated rings. The number of benzene rings is 2. The van der Waals surface area contributed by atoms with Gasteiger partial charge in [0.2, 0.25) is 5.91 Å². The van der Waals surface area contributed by atoms with Gasteiger partial charge in [0.25, 0.3) is 0 Å². The maximum atomic E-state index is 12.7. The van der Waals surface area contributed by atoms with Crippen molar-refractivity contribution in [1.82, 2.24) is 14.9 Å². The van der Waals surface area contributed by atoms with Crippen LogP contribution in [0.25, 0.3) is 11.3 Å². The van der Waals surface area contributed by atoms with Crippen LogP contribution in [-0.4, -0.2) is 33.1 Å². The van der Waals surface area contributed by atoms with E-state index in [-0.39, 0.29) is 5.91 Å². The highest BCUT2D eigenvalue weighted by molar-refractivity contribution is 7.99. The van der Waals surface area contributed by atoms with Gasteiger partial charge in [-0.05, 0) is 30.5 Å². The maximum Gasteiger partial charge on any atom is 0.233 e.